The van der Waals surface area contributed by atoms with Crippen LogP contribution in [0.15, 0.2) is 48.5 Å². The third-order valence-corrected chi connectivity index (χ3v) is 6.72. The number of anilines is 2. The first kappa shape index (κ1) is 19.5. The lowest BCUT2D eigenvalue weighted by Crippen LogP contribution is -2.44. The lowest BCUT2D eigenvalue weighted by molar-refractivity contribution is 0.312. The standard InChI is InChI=1S/C25H29N7/c1-17(20-10-7-18-5-3-4-6-21(18)15-20)26-23-16-22(31-13-11-30(2)12-14-31)27-25-28-24(19-8-9-19)29-32(23)25/h3-7,10,15-17,19,26H,8-9,11-14H2,1-2H3/t17-/m1/s1. The fourth-order valence-electron chi connectivity index (χ4n) is 4.47. The Hall–Kier alpha value is -3.19. The van der Waals surface area contributed by atoms with Crippen LogP contribution >= 0.6 is 0 Å². The van der Waals surface area contributed by atoms with E-state index in [0.717, 1.165) is 43.6 Å². The number of fused-ring (bicyclic) bond motifs is 2. The van der Waals surface area contributed by atoms with E-state index in [2.05, 4.69) is 77.6 Å². The quantitative estimate of drug-likeness (QED) is 0.518. The molecule has 7 heteroatoms. The van der Waals surface area contributed by atoms with Gasteiger partial charge in [0.15, 0.2) is 5.82 Å². The molecule has 0 amide bonds. The highest BCUT2D eigenvalue weighted by Crippen LogP contribution is 2.38. The molecular formula is C25H29N7. The summed E-state index contributed by atoms with van der Waals surface area (Å²) in [6, 6.07) is 17.4. The molecule has 1 saturated heterocycles. The van der Waals surface area contributed by atoms with Crippen molar-refractivity contribution in [3.63, 3.8) is 0 Å². The first-order valence-corrected chi connectivity index (χ1v) is 11.6. The molecule has 1 saturated carbocycles. The van der Waals surface area contributed by atoms with E-state index in [0.29, 0.717) is 11.7 Å². The molecule has 1 aliphatic carbocycles. The van der Waals surface area contributed by atoms with Gasteiger partial charge in [0.25, 0.3) is 5.78 Å². The minimum absolute atomic E-state index is 0.124. The number of benzene rings is 2. The van der Waals surface area contributed by atoms with Gasteiger partial charge in [0, 0.05) is 44.2 Å². The minimum Gasteiger partial charge on any atom is -0.363 e. The molecule has 2 aromatic heterocycles. The van der Waals surface area contributed by atoms with Crippen molar-refractivity contribution in [3.05, 3.63) is 59.9 Å². The van der Waals surface area contributed by atoms with Crippen molar-refractivity contribution in [1.29, 1.82) is 0 Å². The van der Waals surface area contributed by atoms with Crippen molar-refractivity contribution in [3.8, 4) is 0 Å². The van der Waals surface area contributed by atoms with E-state index in [4.69, 9.17) is 15.1 Å². The molecule has 0 unspecified atom stereocenters. The molecule has 32 heavy (non-hydrogen) atoms. The molecule has 1 aliphatic heterocycles. The smallest absolute Gasteiger partial charge is 0.256 e. The fourth-order valence-corrected chi connectivity index (χ4v) is 4.47. The Balaban J connectivity index is 1.36. The van der Waals surface area contributed by atoms with Crippen LogP contribution < -0.4 is 10.2 Å². The van der Waals surface area contributed by atoms with E-state index in [1.54, 1.807) is 0 Å². The second-order valence-electron chi connectivity index (χ2n) is 9.22. The number of piperazine rings is 1. The maximum atomic E-state index is 4.89. The zero-order valence-corrected chi connectivity index (χ0v) is 18.7. The average molecular weight is 428 g/mol. The van der Waals surface area contributed by atoms with Crippen molar-refractivity contribution in [2.24, 2.45) is 0 Å². The number of rotatable bonds is 5. The Morgan fingerprint density at radius 2 is 1.72 bits per heavy atom. The molecule has 4 aromatic rings. The van der Waals surface area contributed by atoms with E-state index >= 15 is 0 Å². The second kappa shape index (κ2) is 7.74. The lowest BCUT2D eigenvalue weighted by atomic mass is 10.0. The number of nitrogens with zero attached hydrogens (tertiary/aromatic N) is 6. The number of likely N-dealkylation sites (N-methyl/N-ethyl adjacent to an activating group) is 1. The van der Waals surface area contributed by atoms with Crippen molar-refractivity contribution in [2.45, 2.75) is 31.7 Å². The first-order chi connectivity index (χ1) is 15.6. The molecular weight excluding hydrogens is 398 g/mol. The average Bonchev–Trinajstić information content (AvgIpc) is 3.58. The topological polar surface area (TPSA) is 61.6 Å². The number of aromatic nitrogens is 4. The molecule has 2 aromatic carbocycles. The van der Waals surface area contributed by atoms with Crippen LogP contribution in [0.5, 0.6) is 0 Å². The molecule has 1 atom stereocenters. The summed E-state index contributed by atoms with van der Waals surface area (Å²) >= 11 is 0. The highest BCUT2D eigenvalue weighted by atomic mass is 15.4. The number of hydrogen-bond acceptors (Lipinski definition) is 6. The van der Waals surface area contributed by atoms with Gasteiger partial charge < -0.3 is 15.1 Å². The van der Waals surface area contributed by atoms with Crippen LogP contribution in [0.3, 0.4) is 0 Å². The Labute approximate surface area is 188 Å². The second-order valence-corrected chi connectivity index (χ2v) is 9.22. The van der Waals surface area contributed by atoms with Crippen molar-refractivity contribution >= 4 is 28.2 Å². The highest BCUT2D eigenvalue weighted by molar-refractivity contribution is 5.83. The third kappa shape index (κ3) is 3.66. The van der Waals surface area contributed by atoms with Crippen molar-refractivity contribution < 1.29 is 0 Å². The lowest BCUT2D eigenvalue weighted by Gasteiger charge is -2.33. The van der Waals surface area contributed by atoms with Crippen LogP contribution in [0, 0.1) is 0 Å². The summed E-state index contributed by atoms with van der Waals surface area (Å²) < 4.78 is 1.89. The van der Waals surface area contributed by atoms with Gasteiger partial charge in [-0.15, -0.1) is 5.10 Å². The number of hydrogen-bond donors (Lipinski definition) is 1. The Morgan fingerprint density at radius 3 is 2.50 bits per heavy atom. The van der Waals surface area contributed by atoms with E-state index in [1.165, 1.54) is 29.2 Å². The zero-order valence-electron chi connectivity index (χ0n) is 18.7. The molecule has 6 rings (SSSR count). The maximum Gasteiger partial charge on any atom is 0.256 e. The monoisotopic (exact) mass is 427 g/mol. The summed E-state index contributed by atoms with van der Waals surface area (Å²) in [5.41, 5.74) is 1.25. The van der Waals surface area contributed by atoms with E-state index in [1.807, 2.05) is 4.52 Å². The van der Waals surface area contributed by atoms with E-state index < -0.39 is 0 Å². The van der Waals surface area contributed by atoms with Gasteiger partial charge in [-0.1, -0.05) is 36.4 Å². The first-order valence-electron chi connectivity index (χ1n) is 11.6. The molecule has 1 N–H and O–H groups in total. The van der Waals surface area contributed by atoms with Gasteiger partial charge in [0.1, 0.15) is 11.6 Å². The largest absolute Gasteiger partial charge is 0.363 e. The minimum atomic E-state index is 0.124. The molecule has 0 radical (unpaired) electrons. The van der Waals surface area contributed by atoms with Crippen LogP contribution in [0.2, 0.25) is 0 Å². The van der Waals surface area contributed by atoms with E-state index in [9.17, 15) is 0 Å². The SMILES string of the molecule is C[C@@H](Nc1cc(N2CCN(C)CC2)nc2nc(C3CC3)nn12)c1ccc2ccccc2c1. The third-order valence-electron chi connectivity index (χ3n) is 6.72. The predicted octanol–water partition coefficient (Wildman–Crippen LogP) is 4.08. The Kier molecular flexibility index (Phi) is 4.72. The molecule has 2 aliphatic rings. The predicted molar refractivity (Wildman–Crippen MR) is 128 cm³/mol. The van der Waals surface area contributed by atoms with Gasteiger partial charge in [-0.25, -0.2) is 0 Å². The van der Waals surface area contributed by atoms with Crippen LogP contribution in [0.1, 0.15) is 43.1 Å². The Morgan fingerprint density at radius 1 is 0.938 bits per heavy atom. The molecule has 3 heterocycles. The van der Waals surface area contributed by atoms with E-state index in [-0.39, 0.29) is 6.04 Å². The van der Waals surface area contributed by atoms with Gasteiger partial charge in [0.2, 0.25) is 0 Å². The van der Waals surface area contributed by atoms with Gasteiger partial charge >= 0.3 is 0 Å². The summed E-state index contributed by atoms with van der Waals surface area (Å²) in [5, 5.41) is 11.1. The molecule has 0 spiro atoms. The molecule has 2 fully saturated rings. The fraction of sp³-hybridized carbons (Fsp3) is 0.400. The van der Waals surface area contributed by atoms with Crippen LogP contribution in [-0.4, -0.2) is 57.7 Å². The maximum absolute atomic E-state index is 4.89. The van der Waals surface area contributed by atoms with Crippen molar-refractivity contribution in [2.75, 3.05) is 43.4 Å². The van der Waals surface area contributed by atoms with Gasteiger partial charge in [-0.3, -0.25) is 0 Å². The normalized spacial score (nSPS) is 18.4. The van der Waals surface area contributed by atoms with Crippen LogP contribution in [-0.2, 0) is 0 Å². The molecule has 164 valence electrons. The summed E-state index contributed by atoms with van der Waals surface area (Å²) in [7, 11) is 2.17. The van der Waals surface area contributed by atoms with Crippen LogP contribution in [0.25, 0.3) is 16.6 Å². The summed E-state index contributed by atoms with van der Waals surface area (Å²) in [6.07, 6.45) is 2.36. The summed E-state index contributed by atoms with van der Waals surface area (Å²) in [5.74, 6) is 4.04. The summed E-state index contributed by atoms with van der Waals surface area (Å²) in [6.45, 7) is 6.24. The summed E-state index contributed by atoms with van der Waals surface area (Å²) in [4.78, 5) is 14.4. The van der Waals surface area contributed by atoms with Gasteiger partial charge in [-0.2, -0.15) is 14.5 Å². The molecule has 7 nitrogen and oxygen atoms in total. The van der Waals surface area contributed by atoms with Crippen LogP contribution in [0.4, 0.5) is 11.6 Å². The Bertz CT molecular complexity index is 1270. The van der Waals surface area contributed by atoms with Gasteiger partial charge in [-0.05, 0) is 49.2 Å². The van der Waals surface area contributed by atoms with Gasteiger partial charge in [0.05, 0.1) is 0 Å². The number of nitrogens with one attached hydrogen (secondary N) is 1. The highest BCUT2D eigenvalue weighted by Gasteiger charge is 2.29. The zero-order chi connectivity index (χ0) is 21.7. The van der Waals surface area contributed by atoms with Crippen molar-refractivity contribution in [1.82, 2.24) is 24.5 Å². The molecule has 0 bridgehead atoms.